The molecular formula is C21H26N2O4S. The number of para-hydroxylation sites is 1. The lowest BCUT2D eigenvalue weighted by Crippen LogP contribution is -2.50. The summed E-state index contributed by atoms with van der Waals surface area (Å²) >= 11 is 0. The second-order valence-electron chi connectivity index (χ2n) is 7.08. The molecule has 2 atom stereocenters. The van der Waals surface area contributed by atoms with Crippen molar-refractivity contribution in [3.63, 3.8) is 0 Å². The van der Waals surface area contributed by atoms with E-state index in [1.165, 1.54) is 17.0 Å². The fraction of sp³-hybridized carbons (Fsp3) is 0.381. The number of benzene rings is 2. The molecule has 0 bridgehead atoms. The van der Waals surface area contributed by atoms with Gasteiger partial charge in [0.05, 0.1) is 22.7 Å². The fourth-order valence-electron chi connectivity index (χ4n) is 3.59. The Morgan fingerprint density at radius 3 is 2.18 bits per heavy atom. The lowest BCUT2D eigenvalue weighted by Gasteiger charge is -2.36. The van der Waals surface area contributed by atoms with Crippen LogP contribution >= 0.6 is 0 Å². The molecule has 0 aromatic heterocycles. The van der Waals surface area contributed by atoms with Crippen LogP contribution in [-0.4, -0.2) is 50.1 Å². The number of carbonyl (C=O) groups is 1. The Morgan fingerprint density at radius 1 is 1.00 bits per heavy atom. The van der Waals surface area contributed by atoms with Crippen molar-refractivity contribution in [2.75, 3.05) is 17.9 Å². The molecule has 150 valence electrons. The third kappa shape index (κ3) is 4.36. The molecule has 2 unspecified atom stereocenters. The summed E-state index contributed by atoms with van der Waals surface area (Å²) in [7, 11) is -2.26. The van der Waals surface area contributed by atoms with Crippen LogP contribution in [0.1, 0.15) is 25.7 Å². The van der Waals surface area contributed by atoms with Crippen molar-refractivity contribution < 1.29 is 18.3 Å². The zero-order valence-electron chi connectivity index (χ0n) is 15.9. The van der Waals surface area contributed by atoms with Gasteiger partial charge in [-0.25, -0.2) is 8.42 Å². The van der Waals surface area contributed by atoms with Crippen molar-refractivity contribution >= 4 is 21.6 Å². The van der Waals surface area contributed by atoms with Crippen LogP contribution in [0.3, 0.4) is 0 Å². The van der Waals surface area contributed by atoms with Crippen LogP contribution in [-0.2, 0) is 14.8 Å². The van der Waals surface area contributed by atoms with Gasteiger partial charge in [0, 0.05) is 7.05 Å². The zero-order valence-corrected chi connectivity index (χ0v) is 16.8. The lowest BCUT2D eigenvalue weighted by molar-refractivity contribution is -0.133. The van der Waals surface area contributed by atoms with Gasteiger partial charge in [0.1, 0.15) is 6.54 Å². The van der Waals surface area contributed by atoms with Crippen LogP contribution in [0.2, 0.25) is 0 Å². The molecule has 0 aliphatic heterocycles. The highest BCUT2D eigenvalue weighted by Crippen LogP contribution is 2.26. The SMILES string of the molecule is CN(C(=O)CN(c1ccccc1)S(=O)(=O)c1ccccc1)C1CCCCC1O. The van der Waals surface area contributed by atoms with Gasteiger partial charge in [0.25, 0.3) is 10.0 Å². The quantitative estimate of drug-likeness (QED) is 0.806. The van der Waals surface area contributed by atoms with Gasteiger partial charge >= 0.3 is 0 Å². The summed E-state index contributed by atoms with van der Waals surface area (Å²) in [5.41, 5.74) is 0.428. The summed E-state index contributed by atoms with van der Waals surface area (Å²) in [5.74, 6) is -0.339. The molecule has 28 heavy (non-hydrogen) atoms. The van der Waals surface area contributed by atoms with Gasteiger partial charge in [-0.05, 0) is 37.1 Å². The largest absolute Gasteiger partial charge is 0.391 e. The molecule has 0 saturated heterocycles. The number of nitrogens with zero attached hydrogens (tertiary/aromatic N) is 2. The Kier molecular flexibility index (Phi) is 6.36. The van der Waals surface area contributed by atoms with Crippen molar-refractivity contribution in [1.29, 1.82) is 0 Å². The first-order valence-electron chi connectivity index (χ1n) is 9.48. The second kappa shape index (κ2) is 8.75. The average Bonchev–Trinajstić information content (AvgIpc) is 2.73. The van der Waals surface area contributed by atoms with E-state index in [2.05, 4.69) is 0 Å². The summed E-state index contributed by atoms with van der Waals surface area (Å²) in [6.07, 6.45) is 2.70. The molecule has 2 aromatic rings. The molecule has 0 heterocycles. The molecule has 7 heteroatoms. The third-order valence-electron chi connectivity index (χ3n) is 5.24. The number of aliphatic hydroxyl groups excluding tert-OH is 1. The van der Waals surface area contributed by atoms with Gasteiger partial charge in [-0.2, -0.15) is 0 Å². The van der Waals surface area contributed by atoms with Crippen LogP contribution in [0, 0.1) is 0 Å². The number of rotatable bonds is 6. The van der Waals surface area contributed by atoms with E-state index in [0.717, 1.165) is 23.6 Å². The minimum atomic E-state index is -3.90. The first kappa shape index (κ1) is 20.4. The monoisotopic (exact) mass is 402 g/mol. The van der Waals surface area contributed by atoms with Crippen LogP contribution < -0.4 is 4.31 Å². The summed E-state index contributed by atoms with van der Waals surface area (Å²) in [6.45, 7) is -0.318. The Labute approximate surface area is 166 Å². The van der Waals surface area contributed by atoms with Crippen molar-refractivity contribution in [2.45, 2.75) is 42.7 Å². The number of hydrogen-bond acceptors (Lipinski definition) is 4. The first-order valence-corrected chi connectivity index (χ1v) is 10.9. The van der Waals surface area contributed by atoms with E-state index in [0.29, 0.717) is 12.1 Å². The predicted molar refractivity (Wildman–Crippen MR) is 108 cm³/mol. The van der Waals surface area contributed by atoms with Crippen LogP contribution in [0.5, 0.6) is 0 Å². The summed E-state index contributed by atoms with van der Waals surface area (Å²) in [5, 5.41) is 10.3. The molecule has 1 N–H and O–H groups in total. The van der Waals surface area contributed by atoms with Crippen molar-refractivity contribution in [3.8, 4) is 0 Å². The van der Waals surface area contributed by atoms with Gasteiger partial charge in [0.2, 0.25) is 5.91 Å². The highest BCUT2D eigenvalue weighted by atomic mass is 32.2. The molecule has 0 radical (unpaired) electrons. The topological polar surface area (TPSA) is 77.9 Å². The highest BCUT2D eigenvalue weighted by Gasteiger charge is 2.33. The maximum Gasteiger partial charge on any atom is 0.264 e. The minimum absolute atomic E-state index is 0.131. The van der Waals surface area contributed by atoms with Crippen LogP contribution in [0.4, 0.5) is 5.69 Å². The van der Waals surface area contributed by atoms with E-state index < -0.39 is 16.1 Å². The zero-order chi connectivity index (χ0) is 20.1. The van der Waals surface area contributed by atoms with E-state index in [1.54, 1.807) is 55.6 Å². The number of anilines is 1. The number of likely N-dealkylation sites (N-methyl/N-ethyl adjacent to an activating group) is 1. The molecule has 1 aliphatic rings. The molecule has 1 amide bonds. The minimum Gasteiger partial charge on any atom is -0.391 e. The Bertz CT molecular complexity index is 887. The molecule has 2 aromatic carbocycles. The maximum atomic E-state index is 13.2. The van der Waals surface area contributed by atoms with E-state index in [1.807, 2.05) is 0 Å². The van der Waals surface area contributed by atoms with Gasteiger partial charge in [0.15, 0.2) is 0 Å². The normalized spacial score (nSPS) is 19.8. The fourth-order valence-corrected chi connectivity index (χ4v) is 5.03. The number of sulfonamides is 1. The third-order valence-corrected chi connectivity index (χ3v) is 7.03. The second-order valence-corrected chi connectivity index (χ2v) is 8.95. The van der Waals surface area contributed by atoms with Gasteiger partial charge in [-0.3, -0.25) is 9.10 Å². The summed E-state index contributed by atoms with van der Waals surface area (Å²) in [4.78, 5) is 14.6. The van der Waals surface area contributed by atoms with Crippen molar-refractivity contribution in [2.24, 2.45) is 0 Å². The maximum absolute atomic E-state index is 13.2. The van der Waals surface area contributed by atoms with E-state index >= 15 is 0 Å². The lowest BCUT2D eigenvalue weighted by atomic mass is 9.91. The smallest absolute Gasteiger partial charge is 0.264 e. The molecule has 6 nitrogen and oxygen atoms in total. The molecule has 1 saturated carbocycles. The van der Waals surface area contributed by atoms with Gasteiger partial charge in [-0.1, -0.05) is 49.2 Å². The van der Waals surface area contributed by atoms with Crippen molar-refractivity contribution in [1.82, 2.24) is 4.90 Å². The Hall–Kier alpha value is -2.38. The number of amides is 1. The molecule has 1 fully saturated rings. The average molecular weight is 403 g/mol. The standard InChI is InChI=1S/C21H26N2O4S/c1-22(19-14-8-9-15-20(19)24)21(25)16-23(17-10-4-2-5-11-17)28(26,27)18-12-6-3-7-13-18/h2-7,10-13,19-20,24H,8-9,14-16H2,1H3. The Morgan fingerprint density at radius 2 is 1.57 bits per heavy atom. The van der Waals surface area contributed by atoms with Crippen molar-refractivity contribution in [3.05, 3.63) is 60.7 Å². The van der Waals surface area contributed by atoms with E-state index in [9.17, 15) is 18.3 Å². The first-order chi connectivity index (χ1) is 13.4. The number of hydrogen-bond donors (Lipinski definition) is 1. The van der Waals surface area contributed by atoms with E-state index in [-0.39, 0.29) is 23.4 Å². The molecule has 0 spiro atoms. The molecule has 1 aliphatic carbocycles. The van der Waals surface area contributed by atoms with Gasteiger partial charge in [-0.15, -0.1) is 0 Å². The summed E-state index contributed by atoms with van der Waals surface area (Å²) in [6, 6.07) is 16.4. The highest BCUT2D eigenvalue weighted by molar-refractivity contribution is 7.92. The van der Waals surface area contributed by atoms with Gasteiger partial charge < -0.3 is 10.0 Å². The summed E-state index contributed by atoms with van der Waals surface area (Å²) < 4.78 is 27.6. The molecule has 3 rings (SSSR count). The van der Waals surface area contributed by atoms with Crippen LogP contribution in [0.25, 0.3) is 0 Å². The molecular weight excluding hydrogens is 376 g/mol. The van der Waals surface area contributed by atoms with Crippen LogP contribution in [0.15, 0.2) is 65.6 Å². The number of aliphatic hydroxyl groups is 1. The van der Waals surface area contributed by atoms with E-state index in [4.69, 9.17) is 0 Å². The number of carbonyl (C=O) groups excluding carboxylic acids is 1. The Balaban J connectivity index is 1.89. The predicted octanol–water partition coefficient (Wildman–Crippen LogP) is 2.64.